The minimum absolute atomic E-state index is 0.0453. The van der Waals surface area contributed by atoms with Crippen molar-refractivity contribution in [3.8, 4) is 0 Å². The minimum Gasteiger partial charge on any atom is -0.452 e. The number of esters is 1. The van der Waals surface area contributed by atoms with Gasteiger partial charge in [-0.1, -0.05) is 24.3 Å². The van der Waals surface area contributed by atoms with Gasteiger partial charge in [0.15, 0.2) is 6.61 Å². The Labute approximate surface area is 164 Å². The molecule has 2 aromatic carbocycles. The monoisotopic (exact) mass is 402 g/mol. The Balaban J connectivity index is 1.68. The van der Waals surface area contributed by atoms with Crippen LogP contribution in [0.25, 0.3) is 0 Å². The highest BCUT2D eigenvalue weighted by atomic mass is 32.2. The number of ether oxygens (including phenoxy) is 1. The number of nitrogens with two attached hydrogens (primary N) is 1. The number of carbonyl (C=O) groups excluding carboxylic acids is 2. The number of benzene rings is 2. The maximum atomic E-state index is 12.4. The lowest BCUT2D eigenvalue weighted by molar-refractivity contribution is -0.135. The second-order valence-corrected chi connectivity index (χ2v) is 8.40. The third kappa shape index (κ3) is 4.23. The molecule has 0 spiro atoms. The third-order valence-electron chi connectivity index (χ3n) is 4.97. The number of hydrogen-bond donors (Lipinski definition) is 1. The minimum atomic E-state index is -3.97. The van der Waals surface area contributed by atoms with Crippen molar-refractivity contribution in [2.45, 2.75) is 31.7 Å². The normalized spacial score (nSPS) is 13.8. The molecule has 2 aromatic rings. The van der Waals surface area contributed by atoms with Crippen LogP contribution in [0, 0.1) is 13.8 Å². The van der Waals surface area contributed by atoms with E-state index < -0.39 is 22.6 Å². The maximum absolute atomic E-state index is 12.4. The van der Waals surface area contributed by atoms with E-state index in [1.807, 2.05) is 24.3 Å². The average Bonchev–Trinajstić information content (AvgIpc) is 2.66. The molecule has 28 heavy (non-hydrogen) atoms. The fourth-order valence-electron chi connectivity index (χ4n) is 3.25. The first-order valence-corrected chi connectivity index (χ1v) is 10.4. The van der Waals surface area contributed by atoms with Crippen LogP contribution in [-0.4, -0.2) is 38.3 Å². The van der Waals surface area contributed by atoms with E-state index in [0.717, 1.165) is 12.0 Å². The number of sulfonamides is 1. The molecule has 2 N–H and O–H groups in total. The zero-order valence-corrected chi connectivity index (χ0v) is 16.6. The van der Waals surface area contributed by atoms with Crippen LogP contribution in [0.15, 0.2) is 41.3 Å². The van der Waals surface area contributed by atoms with E-state index in [2.05, 4.69) is 0 Å². The molecule has 0 fully saturated rings. The van der Waals surface area contributed by atoms with Gasteiger partial charge < -0.3 is 9.64 Å². The van der Waals surface area contributed by atoms with Crippen LogP contribution in [0.3, 0.4) is 0 Å². The highest BCUT2D eigenvalue weighted by Crippen LogP contribution is 2.21. The number of fused-ring (bicyclic) bond motifs is 1. The Bertz CT molecular complexity index is 1050. The van der Waals surface area contributed by atoms with Gasteiger partial charge in [-0.3, -0.25) is 4.79 Å². The summed E-state index contributed by atoms with van der Waals surface area (Å²) in [4.78, 5) is 26.3. The summed E-state index contributed by atoms with van der Waals surface area (Å²) in [7, 11) is -3.97. The Hall–Kier alpha value is -2.71. The summed E-state index contributed by atoms with van der Waals surface area (Å²) in [5.41, 5.74) is 3.41. The van der Waals surface area contributed by atoms with Crippen molar-refractivity contribution in [2.24, 2.45) is 5.14 Å². The second-order valence-electron chi connectivity index (χ2n) is 6.87. The van der Waals surface area contributed by atoms with Crippen LogP contribution in [0.4, 0.5) is 0 Å². The molecule has 1 aliphatic heterocycles. The van der Waals surface area contributed by atoms with Crippen molar-refractivity contribution in [1.82, 2.24) is 4.90 Å². The largest absolute Gasteiger partial charge is 0.452 e. The number of amides is 1. The third-order valence-corrected chi connectivity index (χ3v) is 6.01. The molecule has 7 nitrogen and oxygen atoms in total. The van der Waals surface area contributed by atoms with Gasteiger partial charge in [-0.2, -0.15) is 0 Å². The van der Waals surface area contributed by atoms with E-state index in [9.17, 15) is 18.0 Å². The van der Waals surface area contributed by atoms with Gasteiger partial charge in [0.2, 0.25) is 10.0 Å². The van der Waals surface area contributed by atoms with E-state index in [1.165, 1.54) is 17.7 Å². The molecule has 1 heterocycles. The Kier molecular flexibility index (Phi) is 5.53. The lowest BCUT2D eigenvalue weighted by Gasteiger charge is -2.28. The first kappa shape index (κ1) is 20.0. The summed E-state index contributed by atoms with van der Waals surface area (Å²) in [6, 6.07) is 10.6. The quantitative estimate of drug-likeness (QED) is 0.783. The van der Waals surface area contributed by atoms with Gasteiger partial charge >= 0.3 is 5.97 Å². The first-order chi connectivity index (χ1) is 13.2. The topological polar surface area (TPSA) is 107 Å². The van der Waals surface area contributed by atoms with Crippen LogP contribution >= 0.6 is 0 Å². The number of carbonyl (C=O) groups is 2. The van der Waals surface area contributed by atoms with Crippen molar-refractivity contribution < 1.29 is 22.7 Å². The van der Waals surface area contributed by atoms with Crippen LogP contribution in [0.1, 0.15) is 32.6 Å². The number of aryl methyl sites for hydroxylation is 1. The van der Waals surface area contributed by atoms with Crippen LogP contribution < -0.4 is 5.14 Å². The summed E-state index contributed by atoms with van der Waals surface area (Å²) in [5.74, 6) is -1.06. The predicted octanol–water partition coefficient (Wildman–Crippen LogP) is 1.69. The molecule has 0 saturated carbocycles. The van der Waals surface area contributed by atoms with E-state index in [0.29, 0.717) is 24.2 Å². The van der Waals surface area contributed by atoms with E-state index in [1.54, 1.807) is 18.7 Å². The molecule has 3 rings (SSSR count). The highest BCUT2D eigenvalue weighted by Gasteiger charge is 2.23. The van der Waals surface area contributed by atoms with Crippen molar-refractivity contribution in [1.29, 1.82) is 0 Å². The SMILES string of the molecule is Cc1cc(C(=O)OCC(=O)N2CCc3ccccc3C2)cc(S(N)(=O)=O)c1C. The molecular formula is C20H22N2O5S. The molecule has 8 heteroatoms. The first-order valence-electron chi connectivity index (χ1n) is 8.82. The summed E-state index contributed by atoms with van der Waals surface area (Å²) in [5, 5.41) is 5.21. The number of nitrogens with zero attached hydrogens (tertiary/aromatic N) is 1. The summed E-state index contributed by atoms with van der Waals surface area (Å²) in [6.07, 6.45) is 0.755. The van der Waals surface area contributed by atoms with Gasteiger partial charge in [-0.25, -0.2) is 18.4 Å². The van der Waals surface area contributed by atoms with Crippen LogP contribution in [-0.2, 0) is 32.5 Å². The number of primary sulfonamides is 1. The molecule has 0 unspecified atom stereocenters. The molecule has 1 amide bonds. The molecule has 0 radical (unpaired) electrons. The molecular weight excluding hydrogens is 380 g/mol. The fraction of sp³-hybridized carbons (Fsp3) is 0.300. The smallest absolute Gasteiger partial charge is 0.338 e. The van der Waals surface area contributed by atoms with E-state index in [-0.39, 0.29) is 16.4 Å². The van der Waals surface area contributed by atoms with Crippen LogP contribution in [0.2, 0.25) is 0 Å². The maximum Gasteiger partial charge on any atom is 0.338 e. The van der Waals surface area contributed by atoms with Crippen LogP contribution in [0.5, 0.6) is 0 Å². The summed E-state index contributed by atoms with van der Waals surface area (Å²) >= 11 is 0. The Morgan fingerprint density at radius 1 is 1.14 bits per heavy atom. The Morgan fingerprint density at radius 3 is 2.50 bits per heavy atom. The summed E-state index contributed by atoms with van der Waals surface area (Å²) in [6.45, 7) is 3.93. The van der Waals surface area contributed by atoms with Gasteiger partial charge in [-0.15, -0.1) is 0 Å². The average molecular weight is 402 g/mol. The molecule has 0 aromatic heterocycles. The van der Waals surface area contributed by atoms with Crippen molar-refractivity contribution >= 4 is 21.9 Å². The zero-order chi connectivity index (χ0) is 20.5. The van der Waals surface area contributed by atoms with Gasteiger partial charge in [0.25, 0.3) is 5.91 Å². The molecule has 1 aliphatic rings. The second kappa shape index (κ2) is 7.73. The molecule has 148 valence electrons. The van der Waals surface area contributed by atoms with Crippen molar-refractivity contribution in [3.05, 3.63) is 64.2 Å². The number of hydrogen-bond acceptors (Lipinski definition) is 5. The van der Waals surface area contributed by atoms with Gasteiger partial charge in [0.1, 0.15) is 0 Å². The lowest BCUT2D eigenvalue weighted by atomic mass is 10.00. The zero-order valence-electron chi connectivity index (χ0n) is 15.8. The van der Waals surface area contributed by atoms with Crippen molar-refractivity contribution in [2.75, 3.05) is 13.2 Å². The molecule has 0 aliphatic carbocycles. The van der Waals surface area contributed by atoms with Gasteiger partial charge in [0.05, 0.1) is 10.5 Å². The molecule has 0 saturated heterocycles. The van der Waals surface area contributed by atoms with E-state index in [4.69, 9.17) is 9.88 Å². The number of rotatable bonds is 4. The molecule has 0 bridgehead atoms. The standard InChI is InChI=1S/C20H22N2O5S/c1-13-9-17(10-18(14(13)2)28(21,25)26)20(24)27-12-19(23)22-8-7-15-5-3-4-6-16(15)11-22/h3-6,9-10H,7-8,11-12H2,1-2H3,(H2,21,25,26). The Morgan fingerprint density at radius 2 is 1.82 bits per heavy atom. The summed E-state index contributed by atoms with van der Waals surface area (Å²) < 4.78 is 28.6. The fourth-order valence-corrected chi connectivity index (χ4v) is 4.13. The molecule has 0 atom stereocenters. The highest BCUT2D eigenvalue weighted by molar-refractivity contribution is 7.89. The lowest BCUT2D eigenvalue weighted by Crippen LogP contribution is -2.38. The van der Waals surface area contributed by atoms with E-state index >= 15 is 0 Å². The van der Waals surface area contributed by atoms with Gasteiger partial charge in [-0.05, 0) is 54.7 Å². The van der Waals surface area contributed by atoms with Gasteiger partial charge in [0, 0.05) is 13.1 Å². The predicted molar refractivity (Wildman–Crippen MR) is 103 cm³/mol. The van der Waals surface area contributed by atoms with Crippen molar-refractivity contribution in [3.63, 3.8) is 0 Å².